The number of hydrogen-bond donors (Lipinski definition) is 3. The average Bonchev–Trinajstić information content (AvgIpc) is 3.32. The number of alkyl halides is 1. The SMILES string of the molecule is Cn1cncc1COC1=CC(F)CC(Oc2ccc(C(=N)c3c(N)ncnc3NC3CCOCC3)c(F)c2)=C1. The van der Waals surface area contributed by atoms with E-state index >= 15 is 4.39 Å². The first kappa shape index (κ1) is 26.3. The van der Waals surface area contributed by atoms with Crippen LogP contribution in [0.5, 0.6) is 5.75 Å². The van der Waals surface area contributed by atoms with Crippen LogP contribution in [-0.2, 0) is 23.1 Å². The summed E-state index contributed by atoms with van der Waals surface area (Å²) in [7, 11) is 1.84. The van der Waals surface area contributed by atoms with E-state index in [1.54, 1.807) is 23.2 Å². The highest BCUT2D eigenvalue weighted by Crippen LogP contribution is 2.29. The summed E-state index contributed by atoms with van der Waals surface area (Å²) in [5.74, 6) is 0.494. The Morgan fingerprint density at radius 1 is 1.28 bits per heavy atom. The first-order valence-corrected chi connectivity index (χ1v) is 12.5. The summed E-state index contributed by atoms with van der Waals surface area (Å²) >= 11 is 0. The second kappa shape index (κ2) is 11.6. The molecule has 10 nitrogen and oxygen atoms in total. The van der Waals surface area contributed by atoms with Crippen molar-refractivity contribution < 1.29 is 23.0 Å². The molecule has 5 rings (SSSR count). The van der Waals surface area contributed by atoms with Crippen LogP contribution in [0.4, 0.5) is 20.4 Å². The molecule has 1 atom stereocenters. The van der Waals surface area contributed by atoms with Crippen LogP contribution in [0.15, 0.2) is 60.7 Å². The van der Waals surface area contributed by atoms with E-state index in [9.17, 15) is 4.39 Å². The van der Waals surface area contributed by atoms with Gasteiger partial charge in [-0.1, -0.05) is 0 Å². The number of rotatable bonds is 9. The lowest BCUT2D eigenvalue weighted by Gasteiger charge is -2.25. The molecule has 1 unspecified atom stereocenters. The van der Waals surface area contributed by atoms with Crippen molar-refractivity contribution in [1.82, 2.24) is 19.5 Å². The van der Waals surface area contributed by atoms with E-state index in [-0.39, 0.29) is 53.2 Å². The smallest absolute Gasteiger partial charge is 0.141 e. The van der Waals surface area contributed by atoms with E-state index < -0.39 is 12.0 Å². The minimum absolute atomic E-state index is 0.0000328. The first-order valence-electron chi connectivity index (χ1n) is 12.5. The lowest BCUT2D eigenvalue weighted by molar-refractivity contribution is 0.0904. The molecule has 2 aliphatic rings. The Morgan fingerprint density at radius 3 is 2.85 bits per heavy atom. The number of nitrogens with zero attached hydrogens (tertiary/aromatic N) is 4. The van der Waals surface area contributed by atoms with Crippen LogP contribution < -0.4 is 15.8 Å². The van der Waals surface area contributed by atoms with Gasteiger partial charge in [-0.15, -0.1) is 0 Å². The molecule has 0 spiro atoms. The molecular weight excluding hydrogens is 508 g/mol. The van der Waals surface area contributed by atoms with Crippen molar-refractivity contribution in [3.05, 3.63) is 83.4 Å². The van der Waals surface area contributed by atoms with Crippen LogP contribution in [-0.4, -0.2) is 50.7 Å². The summed E-state index contributed by atoms with van der Waals surface area (Å²) in [4.78, 5) is 12.3. The summed E-state index contributed by atoms with van der Waals surface area (Å²) in [6.45, 7) is 1.45. The molecule has 0 bridgehead atoms. The van der Waals surface area contributed by atoms with E-state index in [0.717, 1.165) is 24.6 Å². The molecule has 3 heterocycles. The normalized spacial score (nSPS) is 17.8. The van der Waals surface area contributed by atoms with E-state index in [4.69, 9.17) is 25.4 Å². The highest BCUT2D eigenvalue weighted by Gasteiger charge is 2.23. The Hall–Kier alpha value is -4.32. The minimum Gasteiger partial charge on any atom is -0.487 e. The van der Waals surface area contributed by atoms with Gasteiger partial charge in [-0.3, -0.25) is 5.41 Å². The fourth-order valence-corrected chi connectivity index (χ4v) is 4.38. The highest BCUT2D eigenvalue weighted by molar-refractivity contribution is 6.16. The van der Waals surface area contributed by atoms with Crippen molar-refractivity contribution in [3.63, 3.8) is 0 Å². The molecular formula is C27H29F2N7O3. The number of ether oxygens (including phenoxy) is 3. The van der Waals surface area contributed by atoms with Crippen molar-refractivity contribution in [2.24, 2.45) is 7.05 Å². The van der Waals surface area contributed by atoms with Crippen LogP contribution in [0.1, 0.15) is 36.1 Å². The molecule has 1 aliphatic carbocycles. The van der Waals surface area contributed by atoms with Gasteiger partial charge in [-0.05, 0) is 31.1 Å². The molecule has 4 N–H and O–H groups in total. The quantitative estimate of drug-likeness (QED) is 0.348. The van der Waals surface area contributed by atoms with Gasteiger partial charge in [0.05, 0.1) is 29.5 Å². The first-order chi connectivity index (χ1) is 18.9. The number of aryl methyl sites for hydroxylation is 1. The lowest BCUT2D eigenvalue weighted by Crippen LogP contribution is -2.29. The van der Waals surface area contributed by atoms with Crippen LogP contribution in [0, 0.1) is 11.2 Å². The molecule has 3 aromatic rings. The molecule has 1 saturated heterocycles. The van der Waals surface area contributed by atoms with Crippen LogP contribution in [0.25, 0.3) is 0 Å². The third kappa shape index (κ3) is 6.23. The number of benzene rings is 1. The zero-order valence-corrected chi connectivity index (χ0v) is 21.4. The summed E-state index contributed by atoms with van der Waals surface area (Å²) in [6.07, 6.45) is 7.79. The second-order valence-corrected chi connectivity index (χ2v) is 9.32. The van der Waals surface area contributed by atoms with Gasteiger partial charge in [-0.2, -0.15) is 0 Å². The molecule has 1 aromatic carbocycles. The number of anilines is 2. The van der Waals surface area contributed by atoms with Crippen LogP contribution in [0.3, 0.4) is 0 Å². The topological polar surface area (TPSA) is 133 Å². The third-order valence-electron chi connectivity index (χ3n) is 6.50. The zero-order valence-electron chi connectivity index (χ0n) is 21.4. The van der Waals surface area contributed by atoms with Crippen molar-refractivity contribution in [2.75, 3.05) is 24.3 Å². The molecule has 2 aromatic heterocycles. The number of nitrogens with two attached hydrogens (primary N) is 1. The van der Waals surface area contributed by atoms with E-state index in [1.165, 1.54) is 24.5 Å². The van der Waals surface area contributed by atoms with Crippen LogP contribution in [0.2, 0.25) is 0 Å². The van der Waals surface area contributed by atoms with Crippen LogP contribution >= 0.6 is 0 Å². The maximum Gasteiger partial charge on any atom is 0.141 e. The van der Waals surface area contributed by atoms with Gasteiger partial charge < -0.3 is 29.8 Å². The molecule has 0 radical (unpaired) electrons. The predicted molar refractivity (Wildman–Crippen MR) is 141 cm³/mol. The monoisotopic (exact) mass is 537 g/mol. The van der Waals surface area contributed by atoms with Gasteiger partial charge in [0.15, 0.2) is 0 Å². The summed E-state index contributed by atoms with van der Waals surface area (Å²) in [5, 5.41) is 12.0. The van der Waals surface area contributed by atoms with Crippen molar-refractivity contribution in [2.45, 2.75) is 38.1 Å². The molecule has 0 saturated carbocycles. The number of halogens is 2. The second-order valence-electron chi connectivity index (χ2n) is 9.32. The number of hydrogen-bond acceptors (Lipinski definition) is 9. The van der Waals surface area contributed by atoms with Crippen molar-refractivity contribution >= 4 is 17.3 Å². The van der Waals surface area contributed by atoms with Gasteiger partial charge >= 0.3 is 0 Å². The fourth-order valence-electron chi connectivity index (χ4n) is 4.38. The van der Waals surface area contributed by atoms with Gasteiger partial charge in [0.1, 0.15) is 53.8 Å². The highest BCUT2D eigenvalue weighted by atomic mass is 19.1. The van der Waals surface area contributed by atoms with Gasteiger partial charge in [0.25, 0.3) is 0 Å². The summed E-state index contributed by atoms with van der Waals surface area (Å²) in [6, 6.07) is 4.18. The Labute approximate surface area is 224 Å². The van der Waals surface area contributed by atoms with Crippen molar-refractivity contribution in [3.8, 4) is 5.75 Å². The van der Waals surface area contributed by atoms with E-state index in [0.29, 0.717) is 24.8 Å². The number of aromatic nitrogens is 4. The molecule has 0 amide bonds. The standard InChI is InChI=1S/C27H29F2N7O3/c1-36-15-32-12-18(36)13-38-20-8-16(28)9-21(10-20)39-19-2-3-22(23(29)11-19)25(30)24-26(31)33-14-34-27(24)35-17-4-6-37-7-5-17/h2-3,8,10-12,14-17,30H,4-7,9,13H2,1H3,(H3,31,33,34,35). The Kier molecular flexibility index (Phi) is 7.82. The van der Waals surface area contributed by atoms with E-state index in [2.05, 4.69) is 20.3 Å². The maximum atomic E-state index is 15.3. The predicted octanol–water partition coefficient (Wildman–Crippen LogP) is 4.04. The molecule has 1 fully saturated rings. The van der Waals surface area contributed by atoms with Gasteiger partial charge in [-0.25, -0.2) is 23.7 Å². The molecule has 204 valence electrons. The van der Waals surface area contributed by atoms with E-state index in [1.807, 2.05) is 7.05 Å². The number of nitrogens with one attached hydrogen (secondary N) is 2. The number of allylic oxidation sites excluding steroid dienone is 3. The Bertz CT molecular complexity index is 1420. The Balaban J connectivity index is 1.30. The Morgan fingerprint density at radius 2 is 2.10 bits per heavy atom. The number of nitrogen functional groups attached to an aromatic ring is 1. The lowest BCUT2D eigenvalue weighted by atomic mass is 10.0. The average molecular weight is 538 g/mol. The third-order valence-corrected chi connectivity index (χ3v) is 6.50. The van der Waals surface area contributed by atoms with Crippen molar-refractivity contribution in [1.29, 1.82) is 5.41 Å². The fraction of sp³-hybridized carbons (Fsp3) is 0.333. The minimum atomic E-state index is -1.31. The zero-order chi connectivity index (χ0) is 27.4. The molecule has 1 aliphatic heterocycles. The number of imidazole rings is 1. The molecule has 12 heteroatoms. The van der Waals surface area contributed by atoms with Gasteiger partial charge in [0, 0.05) is 50.4 Å². The summed E-state index contributed by atoms with van der Waals surface area (Å²) in [5.41, 5.74) is 6.96. The maximum absolute atomic E-state index is 15.3. The van der Waals surface area contributed by atoms with Gasteiger partial charge in [0.2, 0.25) is 0 Å². The summed E-state index contributed by atoms with van der Waals surface area (Å²) < 4.78 is 48.3. The largest absolute Gasteiger partial charge is 0.487 e. The molecule has 39 heavy (non-hydrogen) atoms.